The number of nitrogens with two attached hydrogens (primary N) is 3. The Labute approximate surface area is 190 Å². The fraction of sp³-hybridized carbons (Fsp3) is 0.667. The largest absolute Gasteiger partial charge is 0.481 e. The van der Waals surface area contributed by atoms with Gasteiger partial charge in [-0.15, -0.1) is 0 Å². The molecular weight excluding hydrogens is 442 g/mol. The van der Waals surface area contributed by atoms with Gasteiger partial charge in [-0.3, -0.25) is 24.2 Å². The molecule has 0 heterocycles. The van der Waals surface area contributed by atoms with Crippen LogP contribution in [0.1, 0.15) is 33.1 Å². The number of aliphatic carboxylic acids is 2. The molecule has 0 aromatic rings. The van der Waals surface area contributed by atoms with E-state index in [4.69, 9.17) is 22.3 Å². The number of nitrogens with zero attached hydrogens (tertiary/aromatic N) is 1. The summed E-state index contributed by atoms with van der Waals surface area (Å²) in [6.45, 7) is 2.49. The minimum absolute atomic E-state index is 0.0212. The van der Waals surface area contributed by atoms with Crippen LogP contribution in [0, 0.1) is 5.92 Å². The number of aliphatic hydroxyl groups is 1. The Morgan fingerprint density at radius 3 is 1.94 bits per heavy atom. The molecule has 0 radical (unpaired) electrons. The Morgan fingerprint density at radius 2 is 1.48 bits per heavy atom. The third-order valence-electron chi connectivity index (χ3n) is 4.35. The highest BCUT2D eigenvalue weighted by Crippen LogP contribution is 2.06. The zero-order valence-electron chi connectivity index (χ0n) is 18.5. The van der Waals surface area contributed by atoms with Gasteiger partial charge >= 0.3 is 11.9 Å². The molecule has 15 nitrogen and oxygen atoms in total. The number of aliphatic hydroxyl groups excluding tert-OH is 1. The van der Waals surface area contributed by atoms with Crippen LogP contribution in [0.25, 0.3) is 0 Å². The quantitative estimate of drug-likeness (QED) is 0.0625. The number of carbonyl (C=O) groups is 5. The summed E-state index contributed by atoms with van der Waals surface area (Å²) >= 11 is 0. The number of amides is 3. The van der Waals surface area contributed by atoms with E-state index in [1.54, 1.807) is 13.8 Å². The van der Waals surface area contributed by atoms with Crippen LogP contribution in [-0.2, 0) is 24.0 Å². The molecule has 15 heteroatoms. The van der Waals surface area contributed by atoms with Crippen LogP contribution < -0.4 is 33.2 Å². The molecule has 4 unspecified atom stereocenters. The first-order chi connectivity index (χ1) is 15.3. The van der Waals surface area contributed by atoms with Crippen LogP contribution in [-0.4, -0.2) is 88.3 Å². The lowest BCUT2D eigenvalue weighted by molar-refractivity contribution is -0.142. The average molecular weight is 476 g/mol. The fourth-order valence-corrected chi connectivity index (χ4v) is 2.56. The number of carbonyl (C=O) groups excluding carboxylic acids is 3. The zero-order chi connectivity index (χ0) is 25.7. The van der Waals surface area contributed by atoms with Crippen LogP contribution >= 0.6 is 0 Å². The van der Waals surface area contributed by atoms with E-state index < -0.39 is 72.8 Å². The second-order valence-electron chi connectivity index (χ2n) is 7.53. The first-order valence-electron chi connectivity index (χ1n) is 10.1. The maximum atomic E-state index is 12.6. The van der Waals surface area contributed by atoms with Crippen molar-refractivity contribution in [3.63, 3.8) is 0 Å². The molecule has 0 saturated carbocycles. The Hall–Kier alpha value is -3.46. The van der Waals surface area contributed by atoms with Crippen molar-refractivity contribution in [1.29, 1.82) is 0 Å². The Balaban J connectivity index is 5.15. The molecule has 0 aromatic heterocycles. The van der Waals surface area contributed by atoms with Gasteiger partial charge in [0.2, 0.25) is 17.7 Å². The van der Waals surface area contributed by atoms with E-state index in [-0.39, 0.29) is 25.3 Å². The smallest absolute Gasteiger partial charge is 0.326 e. The van der Waals surface area contributed by atoms with Crippen LogP contribution in [0.4, 0.5) is 0 Å². The molecule has 0 fully saturated rings. The first-order valence-corrected chi connectivity index (χ1v) is 10.1. The second kappa shape index (κ2) is 14.6. The molecule has 33 heavy (non-hydrogen) atoms. The minimum atomic E-state index is -1.51. The van der Waals surface area contributed by atoms with Gasteiger partial charge in [-0.25, -0.2) is 4.79 Å². The lowest BCUT2D eigenvalue weighted by Gasteiger charge is -2.26. The highest BCUT2D eigenvalue weighted by molar-refractivity contribution is 5.94. The molecule has 0 aliphatic heterocycles. The Kier molecular flexibility index (Phi) is 13.0. The fourth-order valence-electron chi connectivity index (χ4n) is 2.56. The van der Waals surface area contributed by atoms with Crippen molar-refractivity contribution in [2.75, 3.05) is 13.2 Å². The molecule has 0 aliphatic rings. The van der Waals surface area contributed by atoms with E-state index in [1.165, 1.54) is 0 Å². The molecule has 0 aromatic carbocycles. The van der Waals surface area contributed by atoms with Gasteiger partial charge in [0.25, 0.3) is 0 Å². The van der Waals surface area contributed by atoms with Gasteiger partial charge in [-0.2, -0.15) is 0 Å². The second-order valence-corrected chi connectivity index (χ2v) is 7.53. The number of hydrogen-bond acceptors (Lipinski definition) is 8. The van der Waals surface area contributed by atoms with E-state index >= 15 is 0 Å². The average Bonchev–Trinajstić information content (AvgIpc) is 2.70. The van der Waals surface area contributed by atoms with Gasteiger partial charge in [0.15, 0.2) is 5.96 Å². The summed E-state index contributed by atoms with van der Waals surface area (Å²) in [7, 11) is 0. The SMILES string of the molecule is CC(C)C(NC(=O)C(CO)NC(=O)C(N)CC(=O)O)C(=O)NC(CCCN=C(N)N)C(=O)O. The third-order valence-corrected chi connectivity index (χ3v) is 4.35. The highest BCUT2D eigenvalue weighted by atomic mass is 16.4. The normalized spacial score (nSPS) is 14.3. The van der Waals surface area contributed by atoms with Gasteiger partial charge in [0.1, 0.15) is 18.1 Å². The van der Waals surface area contributed by atoms with Crippen molar-refractivity contribution in [3.8, 4) is 0 Å². The summed E-state index contributed by atoms with van der Waals surface area (Å²) in [4.78, 5) is 62.9. The molecule has 12 N–H and O–H groups in total. The molecule has 0 rings (SSSR count). The monoisotopic (exact) mass is 475 g/mol. The van der Waals surface area contributed by atoms with Gasteiger partial charge in [0, 0.05) is 6.54 Å². The summed E-state index contributed by atoms with van der Waals surface area (Å²) in [6, 6.07) is -5.44. The Morgan fingerprint density at radius 1 is 0.909 bits per heavy atom. The predicted molar refractivity (Wildman–Crippen MR) is 115 cm³/mol. The van der Waals surface area contributed by atoms with Crippen LogP contribution in [0.3, 0.4) is 0 Å². The molecule has 0 spiro atoms. The summed E-state index contributed by atoms with van der Waals surface area (Å²) < 4.78 is 0. The predicted octanol–water partition coefficient (Wildman–Crippen LogP) is -3.97. The number of nitrogens with one attached hydrogen (secondary N) is 3. The number of hydrogen-bond donors (Lipinski definition) is 9. The molecule has 0 saturated heterocycles. The number of carboxylic acids is 2. The molecule has 0 bridgehead atoms. The van der Waals surface area contributed by atoms with Gasteiger partial charge in [-0.05, 0) is 18.8 Å². The standard InChI is InChI=1S/C18H33N7O8/c1-8(2)13(16(31)23-10(17(32)33)4-3-5-22-18(20)21)25-15(30)11(7-26)24-14(29)9(19)6-12(27)28/h8-11,13,26H,3-7,19H2,1-2H3,(H,23,31)(H,24,29)(H,25,30)(H,27,28)(H,32,33)(H4,20,21,22). The maximum absolute atomic E-state index is 12.6. The van der Waals surface area contributed by atoms with Crippen molar-refractivity contribution in [3.05, 3.63) is 0 Å². The Bertz CT molecular complexity index is 739. The number of carboxylic acid groups (broad SMARTS) is 2. The van der Waals surface area contributed by atoms with Crippen LogP contribution in [0.5, 0.6) is 0 Å². The highest BCUT2D eigenvalue weighted by Gasteiger charge is 2.31. The molecule has 188 valence electrons. The third kappa shape index (κ3) is 11.6. The molecular formula is C18H33N7O8. The lowest BCUT2D eigenvalue weighted by atomic mass is 10.0. The van der Waals surface area contributed by atoms with Crippen LogP contribution in [0.2, 0.25) is 0 Å². The zero-order valence-corrected chi connectivity index (χ0v) is 18.5. The first kappa shape index (κ1) is 29.5. The maximum Gasteiger partial charge on any atom is 0.326 e. The molecule has 0 aliphatic carbocycles. The summed E-state index contributed by atoms with van der Waals surface area (Å²) in [5.74, 6) is -5.98. The van der Waals surface area contributed by atoms with Crippen molar-refractivity contribution in [2.45, 2.75) is 57.3 Å². The number of rotatable bonds is 15. The summed E-state index contributed by atoms with van der Waals surface area (Å²) in [6.07, 6.45) is -0.404. The summed E-state index contributed by atoms with van der Waals surface area (Å²) in [5.41, 5.74) is 15.8. The van der Waals surface area contributed by atoms with E-state index in [1.807, 2.05) is 0 Å². The molecule has 3 amide bonds. The summed E-state index contributed by atoms with van der Waals surface area (Å²) in [5, 5.41) is 34.3. The van der Waals surface area contributed by atoms with E-state index in [2.05, 4.69) is 20.9 Å². The van der Waals surface area contributed by atoms with Crippen molar-refractivity contribution in [2.24, 2.45) is 28.1 Å². The van der Waals surface area contributed by atoms with Gasteiger partial charge < -0.3 is 48.5 Å². The number of aliphatic imine (C=N–C) groups is 1. The van der Waals surface area contributed by atoms with Gasteiger partial charge in [0.05, 0.1) is 19.1 Å². The topological polar surface area (TPSA) is 273 Å². The van der Waals surface area contributed by atoms with E-state index in [9.17, 15) is 34.2 Å². The number of guanidine groups is 1. The van der Waals surface area contributed by atoms with Crippen molar-refractivity contribution < 1.29 is 39.3 Å². The van der Waals surface area contributed by atoms with Crippen molar-refractivity contribution in [1.82, 2.24) is 16.0 Å². The minimum Gasteiger partial charge on any atom is -0.481 e. The van der Waals surface area contributed by atoms with Crippen molar-refractivity contribution >= 4 is 35.6 Å². The lowest BCUT2D eigenvalue weighted by Crippen LogP contribution is -2.59. The van der Waals surface area contributed by atoms with Crippen LogP contribution in [0.15, 0.2) is 4.99 Å². The van der Waals surface area contributed by atoms with E-state index in [0.717, 1.165) is 0 Å². The molecule has 4 atom stereocenters. The van der Waals surface area contributed by atoms with Gasteiger partial charge in [-0.1, -0.05) is 13.8 Å². The van der Waals surface area contributed by atoms with E-state index in [0.29, 0.717) is 0 Å².